The van der Waals surface area contributed by atoms with Crippen LogP contribution in [0.2, 0.25) is 0 Å². The monoisotopic (exact) mass is 360 g/mol. The smallest absolute Gasteiger partial charge is 0.233 e. The van der Waals surface area contributed by atoms with Gasteiger partial charge in [-0.15, -0.1) is 0 Å². The number of likely N-dealkylation sites (tertiary alicyclic amines) is 2. The van der Waals surface area contributed by atoms with Crippen LogP contribution in [0.5, 0.6) is 0 Å². The van der Waals surface area contributed by atoms with E-state index in [9.17, 15) is 19.2 Å². The highest BCUT2D eigenvalue weighted by molar-refractivity contribution is 6.09. The molecule has 4 amide bonds. The number of fused-ring (bicyclic) bond motifs is 1. The Labute approximate surface area is 149 Å². The Kier molecular flexibility index (Phi) is 3.25. The Morgan fingerprint density at radius 3 is 1.35 bits per heavy atom. The Bertz CT molecular complexity index is 707. The van der Waals surface area contributed by atoms with Crippen LogP contribution in [-0.4, -0.2) is 69.9 Å². The third-order valence-electron chi connectivity index (χ3n) is 7.17. The topological polar surface area (TPSA) is 115 Å². The van der Waals surface area contributed by atoms with E-state index in [1.165, 1.54) is 0 Å². The lowest BCUT2D eigenvalue weighted by Crippen LogP contribution is -2.63. The number of aliphatic hydroxyl groups is 2. The molecule has 2 saturated carbocycles. The van der Waals surface area contributed by atoms with E-state index in [0.29, 0.717) is 0 Å². The molecule has 0 radical (unpaired) electrons. The van der Waals surface area contributed by atoms with Crippen molar-refractivity contribution in [3.63, 3.8) is 0 Å². The number of allylic oxidation sites excluding steroid dienone is 2. The number of amides is 4. The third-order valence-corrected chi connectivity index (χ3v) is 7.17. The molecule has 8 atom stereocenters. The van der Waals surface area contributed by atoms with Crippen LogP contribution >= 0.6 is 0 Å². The van der Waals surface area contributed by atoms with Gasteiger partial charge in [0.05, 0.1) is 50.0 Å². The highest BCUT2D eigenvalue weighted by Crippen LogP contribution is 2.68. The summed E-state index contributed by atoms with van der Waals surface area (Å²) >= 11 is 0. The Morgan fingerprint density at radius 1 is 0.654 bits per heavy atom. The number of hydrogen-bond donors (Lipinski definition) is 2. The number of imide groups is 2. The molecule has 0 spiro atoms. The minimum Gasteiger partial charge on any atom is -0.395 e. The van der Waals surface area contributed by atoms with Gasteiger partial charge in [0.1, 0.15) is 0 Å². The molecule has 4 fully saturated rings. The number of rotatable bonds is 4. The van der Waals surface area contributed by atoms with Gasteiger partial charge >= 0.3 is 0 Å². The normalized spacial score (nSPS) is 45.2. The third kappa shape index (κ3) is 1.63. The van der Waals surface area contributed by atoms with Crippen molar-refractivity contribution in [3.8, 4) is 0 Å². The minimum atomic E-state index is -0.485. The first-order valence-electron chi connectivity index (χ1n) is 9.13. The van der Waals surface area contributed by atoms with E-state index < -0.39 is 23.7 Å². The van der Waals surface area contributed by atoms with Gasteiger partial charge in [0, 0.05) is 0 Å². The van der Waals surface area contributed by atoms with Crippen LogP contribution in [0.15, 0.2) is 12.2 Å². The first-order valence-corrected chi connectivity index (χ1v) is 9.13. The molecule has 8 heteroatoms. The molecule has 2 heterocycles. The number of nitrogens with zero attached hydrogens (tertiary/aromatic N) is 2. The van der Waals surface area contributed by atoms with Crippen molar-refractivity contribution in [1.29, 1.82) is 0 Å². The fraction of sp³-hybridized carbons (Fsp3) is 0.667. The molecule has 0 aromatic rings. The van der Waals surface area contributed by atoms with Gasteiger partial charge < -0.3 is 10.2 Å². The van der Waals surface area contributed by atoms with E-state index in [4.69, 9.17) is 10.2 Å². The Morgan fingerprint density at radius 2 is 1.00 bits per heavy atom. The molecule has 0 aromatic heterocycles. The van der Waals surface area contributed by atoms with Crippen LogP contribution in [0.3, 0.4) is 0 Å². The molecule has 6 aliphatic rings. The average molecular weight is 360 g/mol. The van der Waals surface area contributed by atoms with E-state index in [0.717, 1.165) is 9.80 Å². The number of hydrogen-bond acceptors (Lipinski definition) is 6. The Balaban J connectivity index is 1.51. The fourth-order valence-corrected chi connectivity index (χ4v) is 6.37. The van der Waals surface area contributed by atoms with Gasteiger partial charge in [-0.05, 0) is 23.7 Å². The number of carbonyl (C=O) groups excluding carboxylic acids is 4. The molecular weight excluding hydrogens is 340 g/mol. The van der Waals surface area contributed by atoms with Crippen LogP contribution in [-0.2, 0) is 19.2 Å². The predicted octanol–water partition coefficient (Wildman–Crippen LogP) is -1.76. The lowest BCUT2D eigenvalue weighted by molar-refractivity contribution is -0.166. The van der Waals surface area contributed by atoms with Crippen LogP contribution in [0.25, 0.3) is 0 Å². The van der Waals surface area contributed by atoms with Gasteiger partial charge in [0.15, 0.2) is 0 Å². The van der Waals surface area contributed by atoms with Crippen molar-refractivity contribution < 1.29 is 29.4 Å². The molecule has 0 aromatic carbocycles. The van der Waals surface area contributed by atoms with Gasteiger partial charge in [-0.1, -0.05) is 12.2 Å². The maximum Gasteiger partial charge on any atom is 0.233 e. The van der Waals surface area contributed by atoms with Crippen molar-refractivity contribution in [3.05, 3.63) is 12.2 Å². The summed E-state index contributed by atoms with van der Waals surface area (Å²) in [5.74, 6) is -3.51. The molecule has 26 heavy (non-hydrogen) atoms. The molecular formula is C18H20N2O6. The SMILES string of the molecule is O=C1[C@@H]2[C@@H]3C=C[C@@H]([C@H]2C(=O)N1CCO)[C@H]1[C@H]2C(=O)N(CCO)C(=O)[C@@H]2[C@H]31. The van der Waals surface area contributed by atoms with Crippen molar-refractivity contribution in [1.82, 2.24) is 9.80 Å². The molecule has 2 N–H and O–H groups in total. The largest absolute Gasteiger partial charge is 0.395 e. The standard InChI is InChI=1S/C18H20N2O6/c21-5-3-19-15(23)11-7-1-2-8(12(11)16(19)24)10-9(7)13-14(10)18(26)20(4-6-22)17(13)25/h1-2,7-14,21-22H,3-6H2/t7-,8-,9-,10-,11-,12-,13-,14-/m1/s1. The van der Waals surface area contributed by atoms with Crippen LogP contribution in [0, 0.1) is 47.3 Å². The maximum atomic E-state index is 12.8. The first kappa shape index (κ1) is 16.1. The highest BCUT2D eigenvalue weighted by Gasteiger charge is 2.74. The average Bonchev–Trinajstić information content (AvgIpc) is 2.97. The van der Waals surface area contributed by atoms with Crippen LogP contribution in [0.1, 0.15) is 0 Å². The van der Waals surface area contributed by atoms with Gasteiger partial charge in [0.2, 0.25) is 23.6 Å². The molecule has 4 aliphatic carbocycles. The lowest BCUT2D eigenvalue weighted by atomic mass is 9.40. The summed E-state index contributed by atoms with van der Waals surface area (Å²) in [6.45, 7) is -0.545. The van der Waals surface area contributed by atoms with Gasteiger partial charge in [-0.3, -0.25) is 29.0 Å². The second-order valence-electron chi connectivity index (χ2n) is 7.90. The molecule has 138 valence electrons. The number of β-amino-alcohol motifs (C(OH)–C–C–N with tert-alkyl or cyclic N) is 2. The minimum absolute atomic E-state index is 0.00185. The van der Waals surface area contributed by atoms with E-state index in [1.807, 2.05) is 12.2 Å². The van der Waals surface area contributed by atoms with E-state index >= 15 is 0 Å². The van der Waals surface area contributed by atoms with Crippen molar-refractivity contribution in [2.45, 2.75) is 0 Å². The first-order chi connectivity index (χ1) is 12.5. The zero-order valence-corrected chi connectivity index (χ0v) is 14.0. The van der Waals surface area contributed by atoms with Crippen molar-refractivity contribution >= 4 is 23.6 Å². The van der Waals surface area contributed by atoms with Gasteiger partial charge in [-0.25, -0.2) is 0 Å². The van der Waals surface area contributed by atoms with E-state index in [2.05, 4.69) is 0 Å². The zero-order valence-electron chi connectivity index (χ0n) is 14.0. The lowest BCUT2D eigenvalue weighted by Gasteiger charge is -2.60. The fourth-order valence-electron chi connectivity index (χ4n) is 6.37. The number of carbonyl (C=O) groups is 4. The Hall–Kier alpha value is -2.06. The second-order valence-corrected chi connectivity index (χ2v) is 7.90. The summed E-state index contributed by atoms with van der Waals surface area (Å²) in [4.78, 5) is 53.2. The summed E-state index contributed by atoms with van der Waals surface area (Å²) in [6, 6.07) is 0. The molecule has 8 nitrogen and oxygen atoms in total. The maximum absolute atomic E-state index is 12.8. The quantitative estimate of drug-likeness (QED) is 0.453. The molecule has 2 bridgehead atoms. The summed E-state index contributed by atoms with van der Waals surface area (Å²) in [5, 5.41) is 18.3. The molecule has 0 unspecified atom stereocenters. The molecule has 2 saturated heterocycles. The van der Waals surface area contributed by atoms with Crippen molar-refractivity contribution in [2.24, 2.45) is 47.3 Å². The van der Waals surface area contributed by atoms with Gasteiger partial charge in [0.25, 0.3) is 0 Å². The summed E-state index contributed by atoms with van der Waals surface area (Å²) in [7, 11) is 0. The second kappa shape index (κ2) is 5.23. The summed E-state index contributed by atoms with van der Waals surface area (Å²) < 4.78 is 0. The van der Waals surface area contributed by atoms with Gasteiger partial charge in [-0.2, -0.15) is 0 Å². The molecule has 6 rings (SSSR count). The zero-order chi connectivity index (χ0) is 18.3. The predicted molar refractivity (Wildman–Crippen MR) is 84.7 cm³/mol. The van der Waals surface area contributed by atoms with Crippen LogP contribution in [0.4, 0.5) is 0 Å². The van der Waals surface area contributed by atoms with E-state index in [-0.39, 0.29) is 73.6 Å². The highest BCUT2D eigenvalue weighted by atomic mass is 16.3. The molecule has 2 aliphatic heterocycles. The summed E-state index contributed by atoms with van der Waals surface area (Å²) in [6.07, 6.45) is 3.90. The van der Waals surface area contributed by atoms with E-state index in [1.54, 1.807) is 0 Å². The van der Waals surface area contributed by atoms with Crippen molar-refractivity contribution in [2.75, 3.05) is 26.3 Å². The number of aliphatic hydroxyl groups excluding tert-OH is 2. The van der Waals surface area contributed by atoms with Crippen LogP contribution < -0.4 is 0 Å². The summed E-state index contributed by atoms with van der Waals surface area (Å²) in [5.41, 5.74) is 0.